The number of aromatic nitrogens is 2. The number of benzene rings is 1. The van der Waals surface area contributed by atoms with E-state index in [4.69, 9.17) is 30.9 Å². The minimum absolute atomic E-state index is 0.238. The number of nitrogens with zero attached hydrogens (tertiary/aromatic N) is 4. The van der Waals surface area contributed by atoms with Crippen LogP contribution in [0.5, 0.6) is 0 Å². The maximum Gasteiger partial charge on any atom is 0.335 e. The number of likely N-dealkylation sites (N-methyl/N-ethyl adjacent to an activating group) is 1. The van der Waals surface area contributed by atoms with Crippen molar-refractivity contribution in [3.63, 3.8) is 0 Å². The van der Waals surface area contributed by atoms with Gasteiger partial charge >= 0.3 is 11.9 Å². The fourth-order valence-corrected chi connectivity index (χ4v) is 3.15. The number of carboxylic acids is 2. The third kappa shape index (κ3) is 8.90. The molecule has 1 aliphatic heterocycles. The van der Waals surface area contributed by atoms with Gasteiger partial charge in [-0.15, -0.1) is 0 Å². The van der Waals surface area contributed by atoms with Crippen LogP contribution in [0, 0.1) is 0 Å². The van der Waals surface area contributed by atoms with E-state index in [0.29, 0.717) is 19.8 Å². The molecule has 13 nitrogen and oxygen atoms in total. The number of carbonyl (C=O) groups is 3. The third-order valence-corrected chi connectivity index (χ3v) is 4.88. The maximum absolute atomic E-state index is 11.0. The lowest BCUT2D eigenvalue weighted by atomic mass is 10.1. The van der Waals surface area contributed by atoms with Crippen LogP contribution >= 0.6 is 0 Å². The number of aliphatic carboxylic acids is 2. The Morgan fingerprint density at radius 3 is 2.14 bits per heavy atom. The molecule has 2 atom stereocenters. The summed E-state index contributed by atoms with van der Waals surface area (Å²) in [7, 11) is 1.87. The van der Waals surface area contributed by atoms with E-state index >= 15 is 0 Å². The van der Waals surface area contributed by atoms with Crippen molar-refractivity contribution in [1.29, 1.82) is 0 Å². The number of carboxylic acid groups (broad SMARTS) is 2. The summed E-state index contributed by atoms with van der Waals surface area (Å²) in [5.74, 6) is -3.13. The molecule has 2 unspecified atom stereocenters. The van der Waals surface area contributed by atoms with Gasteiger partial charge in [-0.3, -0.25) is 9.69 Å². The second kappa shape index (κ2) is 13.3. The van der Waals surface area contributed by atoms with Crippen molar-refractivity contribution in [2.75, 3.05) is 44.8 Å². The van der Waals surface area contributed by atoms with Crippen LogP contribution in [0.2, 0.25) is 0 Å². The summed E-state index contributed by atoms with van der Waals surface area (Å²) in [6.07, 6.45) is -0.830. The fraction of sp³-hybridized carbons (Fsp3) is 0.409. The molecule has 190 valence electrons. The van der Waals surface area contributed by atoms with Crippen molar-refractivity contribution in [1.82, 2.24) is 14.9 Å². The number of morpholine rings is 1. The van der Waals surface area contributed by atoms with E-state index in [2.05, 4.69) is 20.9 Å². The van der Waals surface area contributed by atoms with Crippen LogP contribution in [0.25, 0.3) is 11.1 Å². The molecule has 0 bridgehead atoms. The van der Waals surface area contributed by atoms with Crippen molar-refractivity contribution in [3.8, 4) is 11.1 Å². The molecule has 0 spiro atoms. The molecule has 1 aromatic carbocycles. The lowest BCUT2D eigenvalue weighted by molar-refractivity contribution is -0.165. The molecule has 13 heteroatoms. The number of aliphatic hydroxyl groups is 2. The predicted octanol–water partition coefficient (Wildman–Crippen LogP) is -1.23. The molecule has 2 heterocycles. The van der Waals surface area contributed by atoms with Gasteiger partial charge in [0.2, 0.25) is 11.9 Å². The van der Waals surface area contributed by atoms with Crippen LogP contribution in [0.1, 0.15) is 5.56 Å². The van der Waals surface area contributed by atoms with Gasteiger partial charge in [0.25, 0.3) is 0 Å². The number of nitrogens with two attached hydrogens (primary N) is 1. The molecular weight excluding hydrogens is 462 g/mol. The van der Waals surface area contributed by atoms with Crippen LogP contribution in [-0.2, 0) is 25.7 Å². The summed E-state index contributed by atoms with van der Waals surface area (Å²) in [6.45, 7) is 3.96. The van der Waals surface area contributed by atoms with Crippen LogP contribution < -0.4 is 10.6 Å². The smallest absolute Gasteiger partial charge is 0.335 e. The molecule has 1 amide bonds. The molecule has 1 aliphatic rings. The predicted molar refractivity (Wildman–Crippen MR) is 123 cm³/mol. The minimum atomic E-state index is -2.27. The van der Waals surface area contributed by atoms with E-state index in [1.165, 1.54) is 0 Å². The van der Waals surface area contributed by atoms with Crippen molar-refractivity contribution >= 4 is 23.8 Å². The Morgan fingerprint density at radius 2 is 1.63 bits per heavy atom. The average Bonchev–Trinajstić information content (AvgIpc) is 2.83. The summed E-state index contributed by atoms with van der Waals surface area (Å²) >= 11 is 0. The molecule has 1 saturated heterocycles. The Bertz CT molecular complexity index is 980. The highest BCUT2D eigenvalue weighted by Crippen LogP contribution is 2.21. The van der Waals surface area contributed by atoms with E-state index in [9.17, 15) is 14.4 Å². The number of rotatable bonds is 9. The molecule has 0 radical (unpaired) electrons. The van der Waals surface area contributed by atoms with Gasteiger partial charge in [-0.1, -0.05) is 18.2 Å². The SMILES string of the molecule is CN(CC(N)=O)Cc1cccc(-c2cnc(N3CCOCC3)nc2)c1.O=C(O)C(O)C(O)C(=O)O. The van der Waals surface area contributed by atoms with Crippen molar-refractivity contribution in [3.05, 3.63) is 42.2 Å². The van der Waals surface area contributed by atoms with Gasteiger partial charge < -0.3 is 35.8 Å². The zero-order valence-corrected chi connectivity index (χ0v) is 19.1. The monoisotopic (exact) mass is 491 g/mol. The lowest BCUT2D eigenvalue weighted by Gasteiger charge is -2.26. The standard InChI is InChI=1S/C18H23N5O2.C4H6O6/c1-22(13-17(19)24)12-14-3-2-4-15(9-14)16-10-20-18(21-11-16)23-5-7-25-8-6-23;5-1(3(7)8)2(6)4(9)10/h2-4,9-11H,5-8,12-13H2,1H3,(H2,19,24);1-2,5-6H,(H,7,8)(H,9,10). The number of hydrogen-bond acceptors (Lipinski definition) is 10. The number of ether oxygens (including phenoxy) is 1. The van der Waals surface area contributed by atoms with E-state index in [1.807, 2.05) is 42.5 Å². The molecule has 6 N–H and O–H groups in total. The molecule has 35 heavy (non-hydrogen) atoms. The molecule has 0 saturated carbocycles. The summed E-state index contributed by atoms with van der Waals surface area (Å²) in [5, 5.41) is 32.5. The largest absolute Gasteiger partial charge is 0.479 e. The zero-order valence-electron chi connectivity index (χ0n) is 19.1. The third-order valence-electron chi connectivity index (χ3n) is 4.88. The fourth-order valence-electron chi connectivity index (χ4n) is 3.15. The quantitative estimate of drug-likeness (QED) is 0.280. The van der Waals surface area contributed by atoms with Crippen LogP contribution in [0.3, 0.4) is 0 Å². The second-order valence-corrected chi connectivity index (χ2v) is 7.78. The van der Waals surface area contributed by atoms with Crippen molar-refractivity contribution < 1.29 is 39.5 Å². The van der Waals surface area contributed by atoms with Gasteiger partial charge in [-0.2, -0.15) is 0 Å². The molecule has 0 aliphatic carbocycles. The highest BCUT2D eigenvalue weighted by molar-refractivity contribution is 5.83. The van der Waals surface area contributed by atoms with E-state index in [-0.39, 0.29) is 12.5 Å². The Kier molecular flexibility index (Phi) is 10.5. The van der Waals surface area contributed by atoms with Gasteiger partial charge in [0.05, 0.1) is 19.8 Å². The molecule has 3 rings (SSSR count). The normalized spacial score (nSPS) is 15.0. The van der Waals surface area contributed by atoms with Crippen molar-refractivity contribution in [2.24, 2.45) is 5.73 Å². The number of hydrogen-bond donors (Lipinski definition) is 5. The topological polar surface area (TPSA) is 200 Å². The van der Waals surface area contributed by atoms with E-state index in [0.717, 1.165) is 35.7 Å². The summed E-state index contributed by atoms with van der Waals surface area (Å²) in [5.41, 5.74) is 8.37. The van der Waals surface area contributed by atoms with E-state index < -0.39 is 24.1 Å². The number of aliphatic hydroxyl groups excluding tert-OH is 2. The second-order valence-electron chi connectivity index (χ2n) is 7.78. The van der Waals surface area contributed by atoms with E-state index in [1.54, 1.807) is 0 Å². The van der Waals surface area contributed by atoms with Gasteiger partial charge in [-0.25, -0.2) is 19.6 Å². The Balaban J connectivity index is 0.000000367. The van der Waals surface area contributed by atoms with Crippen LogP contribution in [0.15, 0.2) is 36.7 Å². The van der Waals surface area contributed by atoms with Crippen molar-refractivity contribution in [2.45, 2.75) is 18.8 Å². The summed E-state index contributed by atoms with van der Waals surface area (Å²) < 4.78 is 5.35. The lowest BCUT2D eigenvalue weighted by Crippen LogP contribution is -2.39. The molecular formula is C22H29N5O8. The zero-order chi connectivity index (χ0) is 26.0. The van der Waals surface area contributed by atoms with Gasteiger partial charge in [0, 0.05) is 37.6 Å². The van der Waals surface area contributed by atoms with Gasteiger partial charge in [0.15, 0.2) is 12.2 Å². The number of anilines is 1. The minimum Gasteiger partial charge on any atom is -0.479 e. The first-order valence-corrected chi connectivity index (χ1v) is 10.6. The van der Waals surface area contributed by atoms with Crippen LogP contribution in [-0.4, -0.2) is 105 Å². The summed E-state index contributed by atoms with van der Waals surface area (Å²) in [4.78, 5) is 43.6. The molecule has 1 aromatic heterocycles. The molecule has 1 fully saturated rings. The first-order chi connectivity index (χ1) is 16.6. The first kappa shape index (κ1) is 27.6. The summed E-state index contributed by atoms with van der Waals surface area (Å²) in [6, 6.07) is 8.15. The number of amides is 1. The Morgan fingerprint density at radius 1 is 1.06 bits per heavy atom. The number of carbonyl (C=O) groups excluding carboxylic acids is 1. The Hall–Kier alpha value is -3.65. The van der Waals surface area contributed by atoms with Gasteiger partial charge in [0.1, 0.15) is 0 Å². The highest BCUT2D eigenvalue weighted by atomic mass is 16.5. The first-order valence-electron chi connectivity index (χ1n) is 10.6. The Labute approximate surface area is 201 Å². The van der Waals surface area contributed by atoms with Crippen LogP contribution in [0.4, 0.5) is 5.95 Å². The maximum atomic E-state index is 11.0. The van der Waals surface area contributed by atoms with Gasteiger partial charge in [-0.05, 0) is 24.2 Å². The highest BCUT2D eigenvalue weighted by Gasteiger charge is 2.29. The average molecular weight is 492 g/mol. The number of primary amides is 1. The molecule has 2 aromatic rings.